The Morgan fingerprint density at radius 3 is 2.48 bits per heavy atom. The fraction of sp³-hybridized carbons (Fsp3) is 0.438. The summed E-state index contributed by atoms with van der Waals surface area (Å²) in [4.78, 5) is 27.7. The van der Waals surface area contributed by atoms with Crippen molar-refractivity contribution in [1.82, 2.24) is 10.0 Å². The molecule has 25 heavy (non-hydrogen) atoms. The molecule has 0 spiro atoms. The third-order valence-electron chi connectivity index (χ3n) is 3.67. The zero-order valence-corrected chi connectivity index (χ0v) is 15.0. The van der Waals surface area contributed by atoms with Crippen LogP contribution in [0.2, 0.25) is 0 Å². The number of amides is 1. The lowest BCUT2D eigenvalue weighted by molar-refractivity contribution is -0.141. The van der Waals surface area contributed by atoms with Crippen LogP contribution in [0.25, 0.3) is 0 Å². The molecular formula is C16H21N3O5S. The quantitative estimate of drug-likeness (QED) is 0.683. The van der Waals surface area contributed by atoms with Crippen LogP contribution in [0.15, 0.2) is 34.2 Å². The number of amidine groups is 1. The van der Waals surface area contributed by atoms with E-state index in [0.717, 1.165) is 0 Å². The molecule has 1 aromatic rings. The van der Waals surface area contributed by atoms with Gasteiger partial charge in [0.05, 0.1) is 4.90 Å². The second kappa shape index (κ2) is 7.22. The number of nitrogens with one attached hydrogen (secondary N) is 2. The molecule has 3 N–H and O–H groups in total. The van der Waals surface area contributed by atoms with Gasteiger partial charge in [-0.15, -0.1) is 0 Å². The first-order valence-corrected chi connectivity index (χ1v) is 9.33. The van der Waals surface area contributed by atoms with E-state index in [2.05, 4.69) is 15.0 Å². The monoisotopic (exact) mass is 367 g/mol. The van der Waals surface area contributed by atoms with Gasteiger partial charge in [0.15, 0.2) is 0 Å². The zero-order chi connectivity index (χ0) is 18.8. The van der Waals surface area contributed by atoms with Gasteiger partial charge in [0.1, 0.15) is 17.9 Å². The molecule has 9 heteroatoms. The molecule has 1 heterocycles. The van der Waals surface area contributed by atoms with Gasteiger partial charge < -0.3 is 10.4 Å². The summed E-state index contributed by atoms with van der Waals surface area (Å²) in [6.45, 7) is 5.15. The predicted octanol–water partition coefficient (Wildman–Crippen LogP) is 0.729. The van der Waals surface area contributed by atoms with E-state index >= 15 is 0 Å². The van der Waals surface area contributed by atoms with Crippen molar-refractivity contribution >= 4 is 27.7 Å². The Kier molecular flexibility index (Phi) is 5.46. The van der Waals surface area contributed by atoms with Gasteiger partial charge in [0, 0.05) is 5.56 Å². The van der Waals surface area contributed by atoms with Gasteiger partial charge in [-0.1, -0.05) is 26.0 Å². The fourth-order valence-corrected chi connectivity index (χ4v) is 3.66. The molecule has 1 aliphatic rings. The maximum absolute atomic E-state index is 12.4. The summed E-state index contributed by atoms with van der Waals surface area (Å²) in [6, 6.07) is 4.40. The molecule has 0 aromatic heterocycles. The Hall–Kier alpha value is -2.42. The molecule has 1 aromatic carbocycles. The first kappa shape index (κ1) is 18.9. The number of carbonyl (C=O) groups excluding carboxylic acids is 1. The maximum atomic E-state index is 12.4. The number of hydrogen-bond donors (Lipinski definition) is 3. The van der Waals surface area contributed by atoms with Crippen LogP contribution in [-0.4, -0.2) is 43.3 Å². The smallest absolute Gasteiger partial charge is 0.325 e. The highest BCUT2D eigenvalue weighted by atomic mass is 32.2. The number of nitrogens with zero attached hydrogens (tertiary/aromatic N) is 1. The van der Waals surface area contributed by atoms with Gasteiger partial charge in [-0.3, -0.25) is 19.3 Å². The highest BCUT2D eigenvalue weighted by molar-refractivity contribution is 7.90. The summed E-state index contributed by atoms with van der Waals surface area (Å²) in [7, 11) is -3.70. The third kappa shape index (κ3) is 4.36. The SMILES string of the molecule is CC(C)CC(N=C1NS(=O)(=O)c2ccccc21)C(=O)NC(C)C(=O)O. The largest absolute Gasteiger partial charge is 0.480 e. The van der Waals surface area contributed by atoms with E-state index in [1.165, 1.54) is 13.0 Å². The number of aliphatic imine (C=N–C) groups is 1. The Labute approximate surface area is 146 Å². The number of carboxylic acid groups (broad SMARTS) is 1. The Morgan fingerprint density at radius 2 is 1.88 bits per heavy atom. The highest BCUT2D eigenvalue weighted by Gasteiger charge is 2.32. The van der Waals surface area contributed by atoms with E-state index in [1.54, 1.807) is 18.2 Å². The Morgan fingerprint density at radius 1 is 1.24 bits per heavy atom. The van der Waals surface area contributed by atoms with Crippen LogP contribution in [-0.2, 0) is 19.6 Å². The lowest BCUT2D eigenvalue weighted by Crippen LogP contribution is -2.44. The van der Waals surface area contributed by atoms with Crippen LogP contribution < -0.4 is 10.0 Å². The average Bonchev–Trinajstić information content (AvgIpc) is 2.77. The molecule has 0 bridgehead atoms. The standard InChI is InChI=1S/C16H21N3O5S/c1-9(2)8-12(15(20)17-10(3)16(21)22)18-14-11-6-4-5-7-13(11)25(23,24)19-14/h4-7,9-10,12H,8H2,1-3H3,(H,17,20)(H,18,19)(H,21,22). The molecule has 0 fully saturated rings. The molecule has 0 saturated heterocycles. The van der Waals surface area contributed by atoms with Gasteiger partial charge in [0.25, 0.3) is 10.0 Å². The molecule has 2 atom stereocenters. The second-order valence-electron chi connectivity index (χ2n) is 6.29. The maximum Gasteiger partial charge on any atom is 0.325 e. The number of rotatable bonds is 6. The summed E-state index contributed by atoms with van der Waals surface area (Å²) < 4.78 is 26.6. The van der Waals surface area contributed by atoms with Crippen molar-refractivity contribution in [3.8, 4) is 0 Å². The highest BCUT2D eigenvalue weighted by Crippen LogP contribution is 2.23. The first-order chi connectivity index (χ1) is 11.6. The minimum Gasteiger partial charge on any atom is -0.480 e. The van der Waals surface area contributed by atoms with E-state index in [0.29, 0.717) is 12.0 Å². The van der Waals surface area contributed by atoms with Crippen LogP contribution >= 0.6 is 0 Å². The van der Waals surface area contributed by atoms with Crippen molar-refractivity contribution in [2.24, 2.45) is 10.9 Å². The normalized spacial score (nSPS) is 19.1. The summed E-state index contributed by atoms with van der Waals surface area (Å²) in [6.07, 6.45) is 0.353. The molecular weight excluding hydrogens is 346 g/mol. The Bertz CT molecular complexity index is 817. The molecule has 0 radical (unpaired) electrons. The molecule has 8 nitrogen and oxygen atoms in total. The molecule has 2 rings (SSSR count). The lowest BCUT2D eigenvalue weighted by atomic mass is 10.0. The van der Waals surface area contributed by atoms with Crippen LogP contribution in [0, 0.1) is 5.92 Å². The number of sulfonamides is 1. The molecule has 1 amide bonds. The van der Waals surface area contributed by atoms with E-state index in [9.17, 15) is 18.0 Å². The molecule has 2 unspecified atom stereocenters. The number of fused-ring (bicyclic) bond motifs is 1. The number of carboxylic acids is 1. The van der Waals surface area contributed by atoms with Crippen LogP contribution in [0.1, 0.15) is 32.8 Å². The van der Waals surface area contributed by atoms with E-state index in [1.807, 2.05) is 13.8 Å². The first-order valence-electron chi connectivity index (χ1n) is 7.85. The minimum atomic E-state index is -3.70. The molecule has 1 aliphatic heterocycles. The van der Waals surface area contributed by atoms with Crippen LogP contribution in [0.3, 0.4) is 0 Å². The van der Waals surface area contributed by atoms with Crippen LogP contribution in [0.4, 0.5) is 0 Å². The molecule has 0 saturated carbocycles. The average molecular weight is 367 g/mol. The lowest BCUT2D eigenvalue weighted by Gasteiger charge is -2.17. The fourth-order valence-electron chi connectivity index (χ4n) is 2.42. The molecule has 136 valence electrons. The van der Waals surface area contributed by atoms with Crippen LogP contribution in [0.5, 0.6) is 0 Å². The summed E-state index contributed by atoms with van der Waals surface area (Å²) in [5.41, 5.74) is 0.398. The van der Waals surface area contributed by atoms with Crippen molar-refractivity contribution in [1.29, 1.82) is 0 Å². The van der Waals surface area contributed by atoms with Crippen molar-refractivity contribution in [3.05, 3.63) is 29.8 Å². The van der Waals surface area contributed by atoms with E-state index in [-0.39, 0.29) is 16.6 Å². The number of aliphatic carboxylic acids is 1. The molecule has 0 aliphatic carbocycles. The van der Waals surface area contributed by atoms with Gasteiger partial charge in [-0.2, -0.15) is 0 Å². The number of benzene rings is 1. The predicted molar refractivity (Wildman–Crippen MR) is 91.8 cm³/mol. The van der Waals surface area contributed by atoms with Crippen molar-refractivity contribution < 1.29 is 23.1 Å². The summed E-state index contributed by atoms with van der Waals surface area (Å²) >= 11 is 0. The van der Waals surface area contributed by atoms with E-state index < -0.39 is 34.0 Å². The topological polar surface area (TPSA) is 125 Å². The van der Waals surface area contributed by atoms with Gasteiger partial charge in [0.2, 0.25) is 5.91 Å². The Balaban J connectivity index is 2.35. The van der Waals surface area contributed by atoms with E-state index in [4.69, 9.17) is 5.11 Å². The number of hydrogen-bond acceptors (Lipinski definition) is 5. The summed E-state index contributed by atoms with van der Waals surface area (Å²) in [5, 5.41) is 11.3. The zero-order valence-electron chi connectivity index (χ0n) is 14.2. The second-order valence-corrected chi connectivity index (χ2v) is 7.94. The van der Waals surface area contributed by atoms with Gasteiger partial charge in [-0.05, 0) is 31.4 Å². The van der Waals surface area contributed by atoms with Crippen molar-refractivity contribution in [3.63, 3.8) is 0 Å². The van der Waals surface area contributed by atoms with Crippen molar-refractivity contribution in [2.75, 3.05) is 0 Å². The van der Waals surface area contributed by atoms with Gasteiger partial charge >= 0.3 is 5.97 Å². The summed E-state index contributed by atoms with van der Waals surface area (Å²) in [5.74, 6) is -1.51. The van der Waals surface area contributed by atoms with Crippen molar-refractivity contribution in [2.45, 2.75) is 44.2 Å². The van der Waals surface area contributed by atoms with Gasteiger partial charge in [-0.25, -0.2) is 8.42 Å². The number of carbonyl (C=O) groups is 2. The minimum absolute atomic E-state index is 0.0966. The third-order valence-corrected chi connectivity index (χ3v) is 5.07.